The molecule has 0 atom stereocenters. The second kappa shape index (κ2) is 9.79. The molecule has 0 radical (unpaired) electrons. The van der Waals surface area contributed by atoms with Crippen LogP contribution in [0.5, 0.6) is 5.75 Å². The van der Waals surface area contributed by atoms with Gasteiger partial charge in [0.2, 0.25) is 0 Å². The number of carbonyl (C=O) groups excluding carboxylic acids is 1. The minimum absolute atomic E-state index is 0.0855. The maximum Gasteiger partial charge on any atom is 0.317 e. The van der Waals surface area contributed by atoms with Gasteiger partial charge in [-0.1, -0.05) is 36.4 Å². The minimum atomic E-state index is -3.86. The van der Waals surface area contributed by atoms with Crippen LogP contribution in [0.2, 0.25) is 0 Å². The topological polar surface area (TPSA) is 69.7 Å². The van der Waals surface area contributed by atoms with Crippen LogP contribution in [-0.2, 0) is 18.5 Å². The average Bonchev–Trinajstić information content (AvgIpc) is 2.89. The zero-order valence-electron chi connectivity index (χ0n) is 22.8. The van der Waals surface area contributed by atoms with Crippen molar-refractivity contribution in [3.05, 3.63) is 83.9 Å². The Hall–Kier alpha value is -2.61. The Bertz CT molecular complexity index is 1400. The molecule has 7 rings (SSSR count). The standard InChI is InChI=1S/C32H36O5S2/c1-22-14-29(39(37-38(3,34)35,27-10-6-4-7-11-27)28-12-8-5-9-13-28)15-23(2)30(22)36-31(33)32-19-24-16-25(20-32)18-26(17-24)21-32/h4-15,24-26H,16-21H2,1-3H3. The first-order valence-electron chi connectivity index (χ1n) is 13.8. The van der Waals surface area contributed by atoms with Crippen molar-refractivity contribution in [1.29, 1.82) is 0 Å². The Morgan fingerprint density at radius 1 is 0.744 bits per heavy atom. The summed E-state index contributed by atoms with van der Waals surface area (Å²) in [5.74, 6) is 2.46. The molecular formula is C32H36O5S2. The highest BCUT2D eigenvalue weighted by molar-refractivity contribution is 8.33. The molecule has 39 heavy (non-hydrogen) atoms. The van der Waals surface area contributed by atoms with Gasteiger partial charge in [-0.25, -0.2) is 3.63 Å². The molecule has 4 aliphatic rings. The van der Waals surface area contributed by atoms with Crippen molar-refractivity contribution in [1.82, 2.24) is 0 Å². The molecule has 7 heteroatoms. The fourth-order valence-corrected chi connectivity index (χ4v) is 12.7. The van der Waals surface area contributed by atoms with Gasteiger partial charge in [0, 0.05) is 14.7 Å². The molecule has 4 bridgehead atoms. The highest BCUT2D eigenvalue weighted by atomic mass is 32.3. The minimum Gasteiger partial charge on any atom is -0.426 e. The number of ether oxygens (including phenoxy) is 1. The van der Waals surface area contributed by atoms with Crippen molar-refractivity contribution < 1.29 is 21.6 Å². The fourth-order valence-electron chi connectivity index (χ4n) is 7.73. The van der Waals surface area contributed by atoms with E-state index in [2.05, 4.69) is 0 Å². The van der Waals surface area contributed by atoms with Gasteiger partial charge in [0.25, 0.3) is 10.1 Å². The van der Waals surface area contributed by atoms with E-state index in [9.17, 15) is 13.2 Å². The zero-order chi connectivity index (χ0) is 27.4. The molecule has 4 saturated carbocycles. The molecule has 4 aliphatic carbocycles. The van der Waals surface area contributed by atoms with E-state index < -0.39 is 20.4 Å². The van der Waals surface area contributed by atoms with Crippen LogP contribution in [0.3, 0.4) is 0 Å². The third kappa shape index (κ3) is 4.83. The molecule has 0 amide bonds. The van der Waals surface area contributed by atoms with Crippen molar-refractivity contribution in [3.8, 4) is 5.75 Å². The first kappa shape index (κ1) is 26.6. The Morgan fingerprint density at radius 3 is 1.59 bits per heavy atom. The highest BCUT2D eigenvalue weighted by Gasteiger charge is 2.55. The van der Waals surface area contributed by atoms with E-state index in [0.29, 0.717) is 23.5 Å². The molecule has 206 valence electrons. The van der Waals surface area contributed by atoms with Crippen LogP contribution in [-0.4, -0.2) is 20.6 Å². The number of carbonyl (C=O) groups is 1. The SMILES string of the molecule is Cc1cc(S(OS(C)(=O)=O)(c2ccccc2)c2ccccc2)cc(C)c1OC(=O)C12CC3CC(CC(C3)C1)C2. The maximum absolute atomic E-state index is 13.8. The summed E-state index contributed by atoms with van der Waals surface area (Å²) in [6.07, 6.45) is 7.75. The van der Waals surface area contributed by atoms with E-state index in [-0.39, 0.29) is 11.4 Å². The molecule has 0 aromatic heterocycles. The predicted octanol–water partition coefficient (Wildman–Crippen LogP) is 7.60. The number of hydrogen-bond acceptors (Lipinski definition) is 5. The largest absolute Gasteiger partial charge is 0.426 e. The van der Waals surface area contributed by atoms with E-state index in [1.165, 1.54) is 19.3 Å². The monoisotopic (exact) mass is 564 g/mol. The molecule has 3 aromatic rings. The Morgan fingerprint density at radius 2 is 1.18 bits per heavy atom. The van der Waals surface area contributed by atoms with E-state index >= 15 is 0 Å². The van der Waals surface area contributed by atoms with Gasteiger partial charge in [0.05, 0.1) is 11.7 Å². The van der Waals surface area contributed by atoms with Gasteiger partial charge in [-0.15, -0.1) is 0 Å². The summed E-state index contributed by atoms with van der Waals surface area (Å²) in [7, 11) is -6.50. The lowest BCUT2D eigenvalue weighted by atomic mass is 9.49. The summed E-state index contributed by atoms with van der Waals surface area (Å²) in [6, 6.07) is 22.9. The van der Waals surface area contributed by atoms with Crippen molar-refractivity contribution in [3.63, 3.8) is 0 Å². The molecule has 0 heterocycles. The third-order valence-corrected chi connectivity index (χ3v) is 13.4. The Labute approximate surface area is 233 Å². The lowest BCUT2D eigenvalue weighted by molar-refractivity contribution is -0.161. The number of rotatable bonds is 7. The van der Waals surface area contributed by atoms with Gasteiger partial charge in [0.15, 0.2) is 0 Å². The van der Waals surface area contributed by atoms with E-state index in [4.69, 9.17) is 8.37 Å². The van der Waals surface area contributed by atoms with E-state index in [1.807, 2.05) is 86.6 Å². The number of aryl methyl sites for hydroxylation is 2. The highest BCUT2D eigenvalue weighted by Crippen LogP contribution is 2.70. The number of hydrogen-bond donors (Lipinski definition) is 0. The van der Waals surface area contributed by atoms with Crippen LogP contribution < -0.4 is 4.74 Å². The van der Waals surface area contributed by atoms with Gasteiger partial charge in [-0.2, -0.15) is 8.42 Å². The molecule has 0 aliphatic heterocycles. The molecule has 0 unspecified atom stereocenters. The van der Waals surface area contributed by atoms with Crippen LogP contribution in [0, 0.1) is 37.0 Å². The third-order valence-electron chi connectivity index (χ3n) is 8.81. The summed E-state index contributed by atoms with van der Waals surface area (Å²) in [6.45, 7) is 3.86. The van der Waals surface area contributed by atoms with Crippen LogP contribution in [0.4, 0.5) is 0 Å². The number of esters is 1. The molecule has 0 N–H and O–H groups in total. The van der Waals surface area contributed by atoms with E-state index in [0.717, 1.165) is 51.3 Å². The molecular weight excluding hydrogens is 528 g/mol. The van der Waals surface area contributed by atoms with Crippen LogP contribution in [0.15, 0.2) is 87.5 Å². The molecule has 3 aromatic carbocycles. The summed E-state index contributed by atoms with van der Waals surface area (Å²) < 4.78 is 37.9. The summed E-state index contributed by atoms with van der Waals surface area (Å²) >= 11 is 0. The first-order chi connectivity index (χ1) is 18.6. The van der Waals surface area contributed by atoms with Crippen LogP contribution >= 0.6 is 10.3 Å². The van der Waals surface area contributed by atoms with E-state index in [1.54, 1.807) is 0 Å². The maximum atomic E-state index is 13.8. The van der Waals surface area contributed by atoms with Gasteiger partial charge in [-0.05, 0) is 128 Å². The average molecular weight is 565 g/mol. The van der Waals surface area contributed by atoms with Gasteiger partial charge in [-0.3, -0.25) is 4.79 Å². The molecule has 4 fully saturated rings. The zero-order valence-corrected chi connectivity index (χ0v) is 24.4. The Balaban J connectivity index is 1.43. The summed E-state index contributed by atoms with van der Waals surface area (Å²) in [4.78, 5) is 16.1. The van der Waals surface area contributed by atoms with Crippen molar-refractivity contribution in [2.45, 2.75) is 67.1 Å². The first-order valence-corrected chi connectivity index (χ1v) is 17.1. The molecule has 0 spiro atoms. The van der Waals surface area contributed by atoms with Crippen molar-refractivity contribution in [2.24, 2.45) is 23.2 Å². The molecule has 0 saturated heterocycles. The van der Waals surface area contributed by atoms with Crippen molar-refractivity contribution >= 4 is 26.4 Å². The normalized spacial score (nSPS) is 26.4. The predicted molar refractivity (Wildman–Crippen MR) is 153 cm³/mol. The number of benzene rings is 3. The smallest absolute Gasteiger partial charge is 0.317 e. The summed E-state index contributed by atoms with van der Waals surface area (Å²) in [5.41, 5.74) is 1.24. The molecule has 5 nitrogen and oxygen atoms in total. The quantitative estimate of drug-likeness (QED) is 0.218. The second-order valence-corrected chi connectivity index (χ2v) is 16.4. The Kier molecular flexibility index (Phi) is 6.68. The van der Waals surface area contributed by atoms with Gasteiger partial charge in [0.1, 0.15) is 5.75 Å². The van der Waals surface area contributed by atoms with Gasteiger partial charge < -0.3 is 4.74 Å². The fraction of sp³-hybridized carbons (Fsp3) is 0.406. The second-order valence-electron chi connectivity index (χ2n) is 11.9. The lowest BCUT2D eigenvalue weighted by Gasteiger charge is -2.55. The van der Waals surface area contributed by atoms with Crippen molar-refractivity contribution in [2.75, 3.05) is 6.26 Å². The van der Waals surface area contributed by atoms with Gasteiger partial charge >= 0.3 is 5.97 Å². The lowest BCUT2D eigenvalue weighted by Crippen LogP contribution is -2.51. The van der Waals surface area contributed by atoms with Crippen LogP contribution in [0.25, 0.3) is 0 Å². The van der Waals surface area contributed by atoms with Crippen LogP contribution in [0.1, 0.15) is 49.7 Å². The summed E-state index contributed by atoms with van der Waals surface area (Å²) in [5, 5.41) is 0.